The predicted molar refractivity (Wildman–Crippen MR) is 76.0 cm³/mol. The summed E-state index contributed by atoms with van der Waals surface area (Å²) in [5, 5.41) is 5.20. The third kappa shape index (κ3) is 2.51. The Kier molecular flexibility index (Phi) is 3.62. The van der Waals surface area contributed by atoms with Crippen molar-refractivity contribution in [1.82, 2.24) is 10.4 Å². The first-order chi connectivity index (χ1) is 8.74. The van der Waals surface area contributed by atoms with Gasteiger partial charge in [0.05, 0.1) is 6.21 Å². The number of H-pyrrole nitrogens is 1. The number of nitrogens with zero attached hydrogens (tertiary/aromatic N) is 2. The SMILES string of the molecule is CCc1ccc2[nH]cc(/C=N/NC(N)=NC)c2c1. The monoisotopic (exact) mass is 243 g/mol. The zero-order valence-electron chi connectivity index (χ0n) is 10.6. The molecule has 0 unspecified atom stereocenters. The van der Waals surface area contributed by atoms with Gasteiger partial charge in [0.25, 0.3) is 0 Å². The first kappa shape index (κ1) is 12.2. The highest BCUT2D eigenvalue weighted by Crippen LogP contribution is 2.18. The van der Waals surface area contributed by atoms with Gasteiger partial charge in [-0.15, -0.1) is 0 Å². The summed E-state index contributed by atoms with van der Waals surface area (Å²) in [6, 6.07) is 6.38. The van der Waals surface area contributed by atoms with E-state index < -0.39 is 0 Å². The Hall–Kier alpha value is -2.30. The van der Waals surface area contributed by atoms with Crippen LogP contribution >= 0.6 is 0 Å². The van der Waals surface area contributed by atoms with E-state index in [1.807, 2.05) is 6.20 Å². The van der Waals surface area contributed by atoms with Gasteiger partial charge in [-0.1, -0.05) is 13.0 Å². The Morgan fingerprint density at radius 2 is 2.33 bits per heavy atom. The number of aliphatic imine (C=N–C) groups is 1. The van der Waals surface area contributed by atoms with E-state index >= 15 is 0 Å². The number of hydrazone groups is 1. The molecule has 0 saturated heterocycles. The van der Waals surface area contributed by atoms with Crippen molar-refractivity contribution in [3.63, 3.8) is 0 Å². The van der Waals surface area contributed by atoms with Crippen LogP contribution in [-0.2, 0) is 6.42 Å². The number of hydrogen-bond acceptors (Lipinski definition) is 2. The first-order valence-electron chi connectivity index (χ1n) is 5.86. The molecule has 5 heteroatoms. The van der Waals surface area contributed by atoms with Gasteiger partial charge in [0.1, 0.15) is 0 Å². The molecule has 0 aliphatic heterocycles. The van der Waals surface area contributed by atoms with Crippen LogP contribution in [0.25, 0.3) is 10.9 Å². The smallest absolute Gasteiger partial charge is 0.209 e. The molecular weight excluding hydrogens is 226 g/mol. The van der Waals surface area contributed by atoms with Gasteiger partial charge in [-0.05, 0) is 24.1 Å². The summed E-state index contributed by atoms with van der Waals surface area (Å²) >= 11 is 0. The highest BCUT2D eigenvalue weighted by atomic mass is 15.3. The van der Waals surface area contributed by atoms with Crippen LogP contribution in [0.3, 0.4) is 0 Å². The molecule has 4 N–H and O–H groups in total. The molecule has 1 aromatic carbocycles. The Morgan fingerprint density at radius 3 is 3.06 bits per heavy atom. The number of hydrogen-bond donors (Lipinski definition) is 3. The first-order valence-corrected chi connectivity index (χ1v) is 5.86. The van der Waals surface area contributed by atoms with Crippen molar-refractivity contribution in [3.05, 3.63) is 35.5 Å². The number of nitrogens with two attached hydrogens (primary N) is 1. The number of benzene rings is 1. The van der Waals surface area contributed by atoms with Gasteiger partial charge in [0, 0.05) is 29.7 Å². The Bertz CT molecular complexity index is 594. The molecule has 0 bridgehead atoms. The normalized spacial score (nSPS) is 12.4. The number of nitrogens with one attached hydrogen (secondary N) is 2. The van der Waals surface area contributed by atoms with E-state index in [1.165, 1.54) is 5.56 Å². The summed E-state index contributed by atoms with van der Waals surface area (Å²) in [5.41, 5.74) is 11.6. The van der Waals surface area contributed by atoms with Crippen molar-refractivity contribution in [2.45, 2.75) is 13.3 Å². The van der Waals surface area contributed by atoms with Gasteiger partial charge in [-0.3, -0.25) is 4.99 Å². The summed E-state index contributed by atoms with van der Waals surface area (Å²) in [6.07, 6.45) is 4.68. The van der Waals surface area contributed by atoms with E-state index in [-0.39, 0.29) is 0 Å². The van der Waals surface area contributed by atoms with Crippen molar-refractivity contribution in [2.24, 2.45) is 15.8 Å². The highest BCUT2D eigenvalue weighted by Gasteiger charge is 2.02. The second-order valence-corrected chi connectivity index (χ2v) is 3.96. The lowest BCUT2D eigenvalue weighted by molar-refractivity contribution is 1.01. The Balaban J connectivity index is 2.28. The summed E-state index contributed by atoms with van der Waals surface area (Å²) in [4.78, 5) is 6.97. The number of aryl methyl sites for hydroxylation is 1. The van der Waals surface area contributed by atoms with Crippen LogP contribution in [-0.4, -0.2) is 24.2 Å². The number of guanidine groups is 1. The molecule has 2 rings (SSSR count). The Morgan fingerprint density at radius 1 is 1.50 bits per heavy atom. The summed E-state index contributed by atoms with van der Waals surface area (Å²) in [6.45, 7) is 2.14. The van der Waals surface area contributed by atoms with Gasteiger partial charge in [0.15, 0.2) is 0 Å². The van der Waals surface area contributed by atoms with Crippen LogP contribution in [0.2, 0.25) is 0 Å². The van der Waals surface area contributed by atoms with Crippen molar-refractivity contribution in [1.29, 1.82) is 0 Å². The van der Waals surface area contributed by atoms with Gasteiger partial charge in [-0.2, -0.15) is 5.10 Å². The van der Waals surface area contributed by atoms with Crippen LogP contribution in [0, 0.1) is 0 Å². The van der Waals surface area contributed by atoms with Crippen LogP contribution in [0.1, 0.15) is 18.1 Å². The van der Waals surface area contributed by atoms with Crippen molar-refractivity contribution in [2.75, 3.05) is 7.05 Å². The molecule has 0 aliphatic rings. The van der Waals surface area contributed by atoms with Crippen molar-refractivity contribution < 1.29 is 0 Å². The van der Waals surface area contributed by atoms with Gasteiger partial charge in [-0.25, -0.2) is 5.43 Å². The lowest BCUT2D eigenvalue weighted by Crippen LogP contribution is -2.26. The molecule has 94 valence electrons. The molecule has 0 amide bonds. The fourth-order valence-corrected chi connectivity index (χ4v) is 1.73. The molecule has 0 atom stereocenters. The molecule has 0 aliphatic carbocycles. The van der Waals surface area contributed by atoms with Crippen molar-refractivity contribution in [3.8, 4) is 0 Å². The van der Waals surface area contributed by atoms with E-state index in [0.717, 1.165) is 22.9 Å². The van der Waals surface area contributed by atoms with Crippen molar-refractivity contribution >= 4 is 23.1 Å². The number of aromatic nitrogens is 1. The average Bonchev–Trinajstić information content (AvgIpc) is 2.81. The second-order valence-electron chi connectivity index (χ2n) is 3.96. The summed E-state index contributed by atoms with van der Waals surface area (Å²) < 4.78 is 0. The van der Waals surface area contributed by atoms with E-state index in [0.29, 0.717) is 5.96 Å². The molecule has 0 saturated carbocycles. The lowest BCUT2D eigenvalue weighted by Gasteiger charge is -1.98. The molecule has 0 fully saturated rings. The maximum atomic E-state index is 5.49. The molecule has 0 spiro atoms. The largest absolute Gasteiger partial charge is 0.369 e. The third-order valence-electron chi connectivity index (χ3n) is 2.81. The van der Waals surface area contributed by atoms with E-state index in [9.17, 15) is 0 Å². The Labute approximate surface area is 106 Å². The van der Waals surface area contributed by atoms with Crippen LogP contribution in [0.15, 0.2) is 34.5 Å². The lowest BCUT2D eigenvalue weighted by atomic mass is 10.1. The van der Waals surface area contributed by atoms with Gasteiger partial charge >= 0.3 is 0 Å². The molecule has 5 nitrogen and oxygen atoms in total. The summed E-state index contributed by atoms with van der Waals surface area (Å²) in [5.74, 6) is 0.292. The zero-order chi connectivity index (χ0) is 13.0. The predicted octanol–water partition coefficient (Wildman–Crippen LogP) is 1.60. The molecule has 18 heavy (non-hydrogen) atoms. The number of rotatable bonds is 3. The topological polar surface area (TPSA) is 78.6 Å². The maximum absolute atomic E-state index is 5.49. The van der Waals surface area contributed by atoms with Crippen LogP contribution < -0.4 is 11.2 Å². The van der Waals surface area contributed by atoms with Crippen LogP contribution in [0.5, 0.6) is 0 Å². The highest BCUT2D eigenvalue weighted by molar-refractivity contribution is 5.99. The number of fused-ring (bicyclic) bond motifs is 1. The quantitative estimate of drug-likeness (QED) is 0.435. The fraction of sp³-hybridized carbons (Fsp3) is 0.231. The third-order valence-corrected chi connectivity index (χ3v) is 2.81. The van der Waals surface area contributed by atoms with E-state index in [2.05, 4.69) is 45.6 Å². The molecule has 1 aromatic heterocycles. The molecule has 2 aromatic rings. The maximum Gasteiger partial charge on any atom is 0.209 e. The van der Waals surface area contributed by atoms with Crippen LogP contribution in [0.4, 0.5) is 0 Å². The summed E-state index contributed by atoms with van der Waals surface area (Å²) in [7, 11) is 1.61. The average molecular weight is 243 g/mol. The van der Waals surface area contributed by atoms with E-state index in [1.54, 1.807) is 13.3 Å². The minimum Gasteiger partial charge on any atom is -0.369 e. The minimum absolute atomic E-state index is 0.292. The van der Waals surface area contributed by atoms with Gasteiger partial charge in [0.2, 0.25) is 5.96 Å². The fourth-order valence-electron chi connectivity index (χ4n) is 1.73. The zero-order valence-corrected chi connectivity index (χ0v) is 10.6. The van der Waals surface area contributed by atoms with Gasteiger partial charge < -0.3 is 10.7 Å². The minimum atomic E-state index is 0.292. The number of aromatic amines is 1. The standard InChI is InChI=1S/C13H17N5/c1-3-9-4-5-12-11(6-9)10(7-16-12)8-17-18-13(14)15-2/h4-8,16H,3H2,1-2H3,(H3,14,15,18)/b17-8+. The molecule has 0 radical (unpaired) electrons. The van der Waals surface area contributed by atoms with E-state index in [4.69, 9.17) is 5.73 Å². The molecule has 1 heterocycles. The molecular formula is C13H17N5. The second kappa shape index (κ2) is 5.35.